The van der Waals surface area contributed by atoms with Crippen molar-refractivity contribution >= 4 is 35.2 Å². The van der Waals surface area contributed by atoms with E-state index >= 15 is 0 Å². The maximum absolute atomic E-state index is 12.4. The predicted octanol–water partition coefficient (Wildman–Crippen LogP) is 3.52. The highest BCUT2D eigenvalue weighted by Crippen LogP contribution is 2.41. The van der Waals surface area contributed by atoms with E-state index < -0.39 is 12.0 Å². The van der Waals surface area contributed by atoms with Crippen LogP contribution in [0.2, 0.25) is 5.02 Å². The lowest BCUT2D eigenvalue weighted by atomic mass is 10.2. The summed E-state index contributed by atoms with van der Waals surface area (Å²) in [6.45, 7) is 1.68. The van der Waals surface area contributed by atoms with Gasteiger partial charge >= 0.3 is 5.97 Å². The predicted molar refractivity (Wildman–Crippen MR) is 98.1 cm³/mol. The lowest BCUT2D eigenvalue weighted by Gasteiger charge is -2.25. The maximum atomic E-state index is 12.4. The zero-order valence-electron chi connectivity index (χ0n) is 14.1. The molecule has 1 aromatic carbocycles. The third-order valence-corrected chi connectivity index (χ3v) is 5.44. The second-order valence-corrected chi connectivity index (χ2v) is 7.11. The quantitative estimate of drug-likeness (QED) is 0.550. The molecule has 0 N–H and O–H groups in total. The molecule has 0 radical (unpaired) electrons. The third kappa shape index (κ3) is 4.16. The van der Waals surface area contributed by atoms with E-state index in [-0.39, 0.29) is 24.5 Å². The van der Waals surface area contributed by atoms with Gasteiger partial charge in [-0.3, -0.25) is 4.79 Å². The Balaban J connectivity index is 1.54. The first-order valence-corrected chi connectivity index (χ1v) is 9.48. The molecule has 8 heteroatoms. The zero-order valence-corrected chi connectivity index (χ0v) is 15.7. The molecule has 1 fully saturated rings. The Kier molecular flexibility index (Phi) is 6.11. The Bertz CT molecular complexity index is 767. The molecule has 1 aliphatic heterocycles. The van der Waals surface area contributed by atoms with Gasteiger partial charge < -0.3 is 18.8 Å². The van der Waals surface area contributed by atoms with E-state index in [1.54, 1.807) is 36.6 Å². The Morgan fingerprint density at radius 1 is 1.27 bits per heavy atom. The number of benzene rings is 1. The number of esters is 1. The van der Waals surface area contributed by atoms with E-state index in [1.165, 1.54) is 23.6 Å². The van der Waals surface area contributed by atoms with Crippen LogP contribution in [-0.4, -0.2) is 41.8 Å². The average Bonchev–Trinajstić information content (AvgIpc) is 3.28. The van der Waals surface area contributed by atoms with Crippen LogP contribution >= 0.6 is 23.4 Å². The van der Waals surface area contributed by atoms with Crippen molar-refractivity contribution in [3.63, 3.8) is 0 Å². The minimum absolute atomic E-state index is 0.0718. The number of hydrogen-bond acceptors (Lipinski definition) is 6. The summed E-state index contributed by atoms with van der Waals surface area (Å²) >= 11 is 7.47. The molecular weight excluding hydrogens is 378 g/mol. The Labute approximate surface area is 160 Å². The maximum Gasteiger partial charge on any atom is 0.329 e. The standard InChI is InChI=1S/C18H18ClNO5S/c1-12(21)20-14(11-26-17(20)16-7-4-8-23-16)18(22)25-10-9-24-15-6-3-2-5-13(15)19/h2-8,14,17H,9-11H2,1H3/t14-,17+/m1/s1. The van der Waals surface area contributed by atoms with Gasteiger partial charge in [-0.1, -0.05) is 23.7 Å². The normalized spacial score (nSPS) is 19.4. The number of amides is 1. The fourth-order valence-corrected chi connectivity index (χ4v) is 4.28. The summed E-state index contributed by atoms with van der Waals surface area (Å²) in [4.78, 5) is 26.0. The molecule has 1 aromatic heterocycles. The van der Waals surface area contributed by atoms with Crippen LogP contribution in [0.1, 0.15) is 18.1 Å². The van der Waals surface area contributed by atoms with Crippen molar-refractivity contribution in [2.75, 3.05) is 19.0 Å². The lowest BCUT2D eigenvalue weighted by Crippen LogP contribution is -2.43. The Morgan fingerprint density at radius 2 is 2.08 bits per heavy atom. The van der Waals surface area contributed by atoms with E-state index in [0.717, 1.165) is 0 Å². The topological polar surface area (TPSA) is 69.0 Å². The smallest absolute Gasteiger partial charge is 0.329 e. The van der Waals surface area contributed by atoms with Gasteiger partial charge in [0, 0.05) is 12.7 Å². The number of hydrogen-bond donors (Lipinski definition) is 0. The molecule has 0 unspecified atom stereocenters. The van der Waals surface area contributed by atoms with Crippen LogP contribution in [0, 0.1) is 0 Å². The number of para-hydroxylation sites is 1. The fourth-order valence-electron chi connectivity index (χ4n) is 2.68. The highest BCUT2D eigenvalue weighted by atomic mass is 35.5. The van der Waals surface area contributed by atoms with Crippen molar-refractivity contribution in [1.29, 1.82) is 0 Å². The molecule has 1 amide bonds. The molecule has 138 valence electrons. The molecule has 3 rings (SSSR count). The van der Waals surface area contributed by atoms with Crippen LogP contribution in [0.3, 0.4) is 0 Å². The van der Waals surface area contributed by atoms with Gasteiger partial charge in [-0.25, -0.2) is 4.79 Å². The Morgan fingerprint density at radius 3 is 2.77 bits per heavy atom. The molecule has 6 nitrogen and oxygen atoms in total. The number of carbonyl (C=O) groups is 2. The van der Waals surface area contributed by atoms with Crippen LogP contribution in [0.5, 0.6) is 5.75 Å². The van der Waals surface area contributed by atoms with Crippen molar-refractivity contribution < 1.29 is 23.5 Å². The lowest BCUT2D eigenvalue weighted by molar-refractivity contribution is -0.154. The largest absolute Gasteiger partial charge is 0.488 e. The number of halogens is 1. The summed E-state index contributed by atoms with van der Waals surface area (Å²) in [7, 11) is 0. The Hall–Kier alpha value is -2.12. The van der Waals surface area contributed by atoms with E-state index in [2.05, 4.69) is 0 Å². The van der Waals surface area contributed by atoms with Gasteiger partial charge in [0.05, 0.1) is 11.3 Å². The van der Waals surface area contributed by atoms with Gasteiger partial charge in [0.25, 0.3) is 0 Å². The van der Waals surface area contributed by atoms with Crippen molar-refractivity contribution in [3.05, 3.63) is 53.4 Å². The summed E-state index contributed by atoms with van der Waals surface area (Å²) in [6.07, 6.45) is 1.55. The van der Waals surface area contributed by atoms with E-state index in [0.29, 0.717) is 22.3 Å². The molecule has 0 saturated carbocycles. The first-order valence-electron chi connectivity index (χ1n) is 8.06. The second kappa shape index (κ2) is 8.51. The SMILES string of the molecule is CC(=O)N1[C@@H](C(=O)OCCOc2ccccc2Cl)CS[C@H]1c1ccco1. The average molecular weight is 396 g/mol. The highest BCUT2D eigenvalue weighted by molar-refractivity contribution is 7.99. The number of furan rings is 1. The van der Waals surface area contributed by atoms with Crippen LogP contribution in [-0.2, 0) is 14.3 Å². The summed E-state index contributed by atoms with van der Waals surface area (Å²) in [5, 5.41) is 0.175. The van der Waals surface area contributed by atoms with Crippen LogP contribution in [0.15, 0.2) is 47.1 Å². The first-order chi connectivity index (χ1) is 12.6. The molecule has 0 spiro atoms. The van der Waals surface area contributed by atoms with Gasteiger partial charge in [0.2, 0.25) is 5.91 Å². The van der Waals surface area contributed by atoms with Gasteiger partial charge in [0.15, 0.2) is 0 Å². The molecule has 2 heterocycles. The van der Waals surface area contributed by atoms with Crippen molar-refractivity contribution in [3.8, 4) is 5.75 Å². The van der Waals surface area contributed by atoms with Crippen LogP contribution < -0.4 is 4.74 Å². The van der Waals surface area contributed by atoms with Crippen molar-refractivity contribution in [2.45, 2.75) is 18.3 Å². The monoisotopic (exact) mass is 395 g/mol. The van der Waals surface area contributed by atoms with Gasteiger partial charge in [0.1, 0.15) is 36.1 Å². The summed E-state index contributed by atoms with van der Waals surface area (Å²) in [6, 6.07) is 9.97. The van der Waals surface area contributed by atoms with Crippen LogP contribution in [0.25, 0.3) is 0 Å². The fraction of sp³-hybridized carbons (Fsp3) is 0.333. The highest BCUT2D eigenvalue weighted by Gasteiger charge is 2.43. The minimum atomic E-state index is -0.645. The number of rotatable bonds is 6. The molecule has 1 aliphatic rings. The second-order valence-electron chi connectivity index (χ2n) is 5.59. The summed E-state index contributed by atoms with van der Waals surface area (Å²) in [5.41, 5.74) is 0. The molecule has 0 bridgehead atoms. The van der Waals surface area contributed by atoms with Gasteiger partial charge in [-0.15, -0.1) is 11.8 Å². The summed E-state index contributed by atoms with van der Waals surface area (Å²) in [5.74, 6) is 0.970. The molecular formula is C18H18ClNO5S. The van der Waals surface area contributed by atoms with E-state index in [4.69, 9.17) is 25.5 Å². The number of ether oxygens (including phenoxy) is 2. The summed E-state index contributed by atoms with van der Waals surface area (Å²) < 4.78 is 16.2. The van der Waals surface area contributed by atoms with E-state index in [1.807, 2.05) is 6.07 Å². The molecule has 0 aliphatic carbocycles. The third-order valence-electron chi connectivity index (χ3n) is 3.84. The van der Waals surface area contributed by atoms with Crippen molar-refractivity contribution in [1.82, 2.24) is 4.90 Å². The number of thioether (sulfide) groups is 1. The molecule has 26 heavy (non-hydrogen) atoms. The number of carbonyl (C=O) groups excluding carboxylic acids is 2. The van der Waals surface area contributed by atoms with E-state index in [9.17, 15) is 9.59 Å². The number of nitrogens with zero attached hydrogens (tertiary/aromatic N) is 1. The zero-order chi connectivity index (χ0) is 18.5. The first kappa shape index (κ1) is 18.7. The van der Waals surface area contributed by atoms with Gasteiger partial charge in [-0.2, -0.15) is 0 Å². The van der Waals surface area contributed by atoms with Crippen LogP contribution in [0.4, 0.5) is 0 Å². The molecule has 1 saturated heterocycles. The molecule has 2 aromatic rings. The minimum Gasteiger partial charge on any atom is -0.488 e. The molecule has 2 atom stereocenters. The van der Waals surface area contributed by atoms with Gasteiger partial charge in [-0.05, 0) is 24.3 Å². The van der Waals surface area contributed by atoms with Crippen molar-refractivity contribution in [2.24, 2.45) is 0 Å².